The first-order chi connectivity index (χ1) is 14.5. The summed E-state index contributed by atoms with van der Waals surface area (Å²) >= 11 is 6.23. The van der Waals surface area contributed by atoms with Crippen molar-refractivity contribution in [3.05, 3.63) is 76.8 Å². The lowest BCUT2D eigenvalue weighted by molar-refractivity contribution is 0.284. The predicted octanol–water partition coefficient (Wildman–Crippen LogP) is 4.76. The molecule has 31 heavy (non-hydrogen) atoms. The zero-order valence-electron chi connectivity index (χ0n) is 17.0. The summed E-state index contributed by atoms with van der Waals surface area (Å²) < 4.78 is 28.7. The van der Waals surface area contributed by atoms with Crippen molar-refractivity contribution in [2.24, 2.45) is 0 Å². The molecule has 2 aromatic heterocycles. The smallest absolute Gasteiger partial charge is 0.128 e. The highest BCUT2D eigenvalue weighted by molar-refractivity contribution is 6.32. The maximum absolute atomic E-state index is 13.4. The number of benzene rings is 1. The number of hydrogen-bond donors (Lipinski definition) is 0. The molecule has 0 unspecified atom stereocenters. The fourth-order valence-corrected chi connectivity index (χ4v) is 3.81. The summed E-state index contributed by atoms with van der Waals surface area (Å²) in [6.07, 6.45) is 9.28. The van der Waals surface area contributed by atoms with Crippen molar-refractivity contribution in [3.8, 4) is 5.69 Å². The van der Waals surface area contributed by atoms with Crippen LogP contribution in [0.5, 0.6) is 0 Å². The molecule has 4 rings (SSSR count). The van der Waals surface area contributed by atoms with E-state index in [1.165, 1.54) is 12.1 Å². The molecule has 0 aliphatic carbocycles. The molecule has 0 bridgehead atoms. The minimum Gasteiger partial charge on any atom is -0.369 e. The number of aromatic nitrogens is 3. The Morgan fingerprint density at radius 1 is 1.06 bits per heavy atom. The maximum Gasteiger partial charge on any atom is 0.128 e. The normalized spacial score (nSPS) is 14.8. The first kappa shape index (κ1) is 23.2. The van der Waals surface area contributed by atoms with Gasteiger partial charge in [-0.05, 0) is 25.1 Å². The molecule has 1 aromatic carbocycles. The minimum absolute atomic E-state index is 0. The molecule has 1 fully saturated rings. The monoisotopic (exact) mass is 465 g/mol. The van der Waals surface area contributed by atoms with Gasteiger partial charge in [0.25, 0.3) is 0 Å². The van der Waals surface area contributed by atoms with Crippen LogP contribution in [0.4, 0.5) is 14.5 Å². The SMILES string of the molecule is Cc1c(/C=C/CN2CCN(c3cc(F)cc(F)c3)CC2)cnn1-c1ccncc1Cl.Cl. The second-order valence-corrected chi connectivity index (χ2v) is 7.65. The number of hydrogen-bond acceptors (Lipinski definition) is 4. The van der Waals surface area contributed by atoms with Crippen molar-refractivity contribution in [2.75, 3.05) is 37.6 Å². The lowest BCUT2D eigenvalue weighted by Crippen LogP contribution is -2.46. The molecule has 3 aromatic rings. The van der Waals surface area contributed by atoms with Crippen LogP contribution in [0.15, 0.2) is 48.9 Å². The number of piperazine rings is 1. The van der Waals surface area contributed by atoms with Crippen molar-refractivity contribution in [1.29, 1.82) is 0 Å². The average Bonchev–Trinajstić information content (AvgIpc) is 3.08. The van der Waals surface area contributed by atoms with E-state index in [1.807, 2.05) is 24.1 Å². The number of anilines is 1. The van der Waals surface area contributed by atoms with Crippen LogP contribution in [0.1, 0.15) is 11.3 Å². The molecule has 9 heteroatoms. The van der Waals surface area contributed by atoms with Gasteiger partial charge in [0.2, 0.25) is 0 Å². The number of pyridine rings is 1. The molecule has 0 saturated carbocycles. The highest BCUT2D eigenvalue weighted by Crippen LogP contribution is 2.22. The third-order valence-corrected chi connectivity index (χ3v) is 5.56. The molecule has 0 amide bonds. The molecule has 0 radical (unpaired) electrons. The van der Waals surface area contributed by atoms with Crippen molar-refractivity contribution in [2.45, 2.75) is 6.92 Å². The van der Waals surface area contributed by atoms with Crippen molar-refractivity contribution in [3.63, 3.8) is 0 Å². The van der Waals surface area contributed by atoms with Crippen LogP contribution in [0.3, 0.4) is 0 Å². The first-order valence-corrected chi connectivity index (χ1v) is 10.1. The van der Waals surface area contributed by atoms with Gasteiger partial charge in [0.1, 0.15) is 11.6 Å². The van der Waals surface area contributed by atoms with Crippen LogP contribution in [-0.4, -0.2) is 52.4 Å². The van der Waals surface area contributed by atoms with Crippen molar-refractivity contribution >= 4 is 35.8 Å². The second-order valence-electron chi connectivity index (χ2n) is 7.24. The Morgan fingerprint density at radius 3 is 2.45 bits per heavy atom. The van der Waals surface area contributed by atoms with Crippen LogP contribution in [0.2, 0.25) is 5.02 Å². The largest absolute Gasteiger partial charge is 0.369 e. The molecular weight excluding hydrogens is 443 g/mol. The zero-order valence-corrected chi connectivity index (χ0v) is 18.6. The molecule has 1 aliphatic heterocycles. The van der Waals surface area contributed by atoms with Crippen LogP contribution >= 0.6 is 24.0 Å². The topological polar surface area (TPSA) is 37.2 Å². The molecule has 1 aliphatic rings. The van der Waals surface area contributed by atoms with E-state index in [9.17, 15) is 8.78 Å². The molecule has 3 heterocycles. The predicted molar refractivity (Wildman–Crippen MR) is 122 cm³/mol. The molecule has 1 saturated heterocycles. The van der Waals surface area contributed by atoms with Crippen LogP contribution in [0.25, 0.3) is 11.8 Å². The van der Waals surface area contributed by atoms with Gasteiger partial charge in [0.05, 0.1) is 16.9 Å². The Balaban J connectivity index is 0.00000272. The van der Waals surface area contributed by atoms with Gasteiger partial charge in [0.15, 0.2) is 0 Å². The second kappa shape index (κ2) is 10.2. The van der Waals surface area contributed by atoms with Gasteiger partial charge in [-0.3, -0.25) is 9.88 Å². The highest BCUT2D eigenvalue weighted by Gasteiger charge is 2.17. The molecule has 5 nitrogen and oxygen atoms in total. The summed E-state index contributed by atoms with van der Waals surface area (Å²) in [6, 6.07) is 5.50. The molecule has 164 valence electrons. The van der Waals surface area contributed by atoms with E-state index in [0.29, 0.717) is 10.7 Å². The molecule has 0 spiro atoms. The lowest BCUT2D eigenvalue weighted by Gasteiger charge is -2.35. The Morgan fingerprint density at radius 2 is 1.77 bits per heavy atom. The van der Waals surface area contributed by atoms with E-state index in [4.69, 9.17) is 11.6 Å². The molecule has 0 N–H and O–H groups in total. The van der Waals surface area contributed by atoms with E-state index in [1.54, 1.807) is 17.1 Å². The third-order valence-electron chi connectivity index (χ3n) is 5.27. The number of nitrogens with zero attached hydrogens (tertiary/aromatic N) is 5. The van der Waals surface area contributed by atoms with Gasteiger partial charge in [-0.15, -0.1) is 12.4 Å². The average molecular weight is 466 g/mol. The minimum atomic E-state index is -0.542. The summed E-state index contributed by atoms with van der Waals surface area (Å²) in [5.41, 5.74) is 3.42. The lowest BCUT2D eigenvalue weighted by atomic mass is 10.2. The summed E-state index contributed by atoms with van der Waals surface area (Å²) in [4.78, 5) is 8.33. The van der Waals surface area contributed by atoms with E-state index in [2.05, 4.69) is 27.1 Å². The Hall–Kier alpha value is -2.48. The van der Waals surface area contributed by atoms with E-state index < -0.39 is 11.6 Å². The van der Waals surface area contributed by atoms with Gasteiger partial charge in [-0.1, -0.05) is 23.8 Å². The van der Waals surface area contributed by atoms with E-state index in [0.717, 1.165) is 55.7 Å². The van der Waals surface area contributed by atoms with Gasteiger partial charge < -0.3 is 4.90 Å². The van der Waals surface area contributed by atoms with Crippen molar-refractivity contribution < 1.29 is 8.78 Å². The van der Waals surface area contributed by atoms with Gasteiger partial charge in [0, 0.05) is 68.1 Å². The standard InChI is InChI=1S/C22H22ClF2N5.ClH/c1-16-17(14-27-30(16)22-4-5-26-15-21(22)23)3-2-6-28-7-9-29(10-8-28)20-12-18(24)11-19(25)13-20;/h2-5,11-15H,6-10H2,1H3;1H/b3-2+;. The van der Waals surface area contributed by atoms with Crippen LogP contribution in [0, 0.1) is 18.6 Å². The van der Waals surface area contributed by atoms with Gasteiger partial charge in [-0.25, -0.2) is 13.5 Å². The number of halogens is 4. The fraction of sp³-hybridized carbons (Fsp3) is 0.273. The fourth-order valence-electron chi connectivity index (χ4n) is 3.61. The summed E-state index contributed by atoms with van der Waals surface area (Å²) in [6.45, 7) is 5.91. The van der Waals surface area contributed by atoms with E-state index in [-0.39, 0.29) is 12.4 Å². The molecular formula is C22H23Cl2F2N5. The number of rotatable bonds is 5. The Labute approximate surface area is 191 Å². The molecule has 0 atom stereocenters. The summed E-state index contributed by atoms with van der Waals surface area (Å²) in [5.74, 6) is -1.08. The van der Waals surface area contributed by atoms with E-state index >= 15 is 0 Å². The third kappa shape index (κ3) is 5.42. The first-order valence-electron chi connectivity index (χ1n) is 9.76. The van der Waals surface area contributed by atoms with Crippen molar-refractivity contribution in [1.82, 2.24) is 19.7 Å². The Bertz CT molecular complexity index is 1040. The van der Waals surface area contributed by atoms with Crippen LogP contribution < -0.4 is 4.90 Å². The Kier molecular flexibility index (Phi) is 7.64. The van der Waals surface area contributed by atoms with Gasteiger partial charge in [-0.2, -0.15) is 5.10 Å². The summed E-state index contributed by atoms with van der Waals surface area (Å²) in [5, 5.41) is 4.99. The van der Waals surface area contributed by atoms with Crippen LogP contribution in [-0.2, 0) is 0 Å². The maximum atomic E-state index is 13.4. The van der Waals surface area contributed by atoms with Gasteiger partial charge >= 0.3 is 0 Å². The zero-order chi connectivity index (χ0) is 21.1. The quantitative estimate of drug-likeness (QED) is 0.543. The highest BCUT2D eigenvalue weighted by atomic mass is 35.5. The summed E-state index contributed by atoms with van der Waals surface area (Å²) in [7, 11) is 0.